The zero-order valence-electron chi connectivity index (χ0n) is 11.1. The van der Waals surface area contributed by atoms with Gasteiger partial charge in [-0.2, -0.15) is 28.5 Å². The molecule has 7 nitrogen and oxygen atoms in total. The number of nitrogens with zero attached hydrogens (tertiary/aromatic N) is 5. The van der Waals surface area contributed by atoms with Gasteiger partial charge in [0, 0.05) is 13.2 Å². The highest BCUT2D eigenvalue weighted by molar-refractivity contribution is 5.93. The van der Waals surface area contributed by atoms with Crippen LogP contribution in [0.25, 0.3) is 0 Å². The molecule has 0 aliphatic carbocycles. The molecule has 2 heterocycles. The number of halogens is 3. The number of carbonyl (C=O) groups is 1. The first-order valence-corrected chi connectivity index (χ1v) is 5.76. The van der Waals surface area contributed by atoms with E-state index in [2.05, 4.69) is 20.7 Å². The molecule has 0 aliphatic heterocycles. The van der Waals surface area contributed by atoms with Gasteiger partial charge in [0.1, 0.15) is 0 Å². The van der Waals surface area contributed by atoms with E-state index < -0.39 is 18.4 Å². The zero-order chi connectivity index (χ0) is 15.6. The summed E-state index contributed by atoms with van der Waals surface area (Å²) in [7, 11) is 1.43. The van der Waals surface area contributed by atoms with Crippen molar-refractivity contribution < 1.29 is 18.0 Å². The Bertz CT molecular complexity index is 690. The Hall–Kier alpha value is -2.65. The first-order valence-electron chi connectivity index (χ1n) is 5.76. The Morgan fingerprint density at radius 1 is 1.48 bits per heavy atom. The van der Waals surface area contributed by atoms with E-state index >= 15 is 0 Å². The van der Waals surface area contributed by atoms with E-state index in [1.807, 2.05) is 0 Å². The molecule has 2 aromatic rings. The van der Waals surface area contributed by atoms with Crippen molar-refractivity contribution in [2.45, 2.75) is 13.5 Å². The van der Waals surface area contributed by atoms with E-state index in [4.69, 9.17) is 0 Å². The zero-order valence-corrected chi connectivity index (χ0v) is 11.1. The van der Waals surface area contributed by atoms with Crippen molar-refractivity contribution in [3.63, 3.8) is 0 Å². The maximum atomic E-state index is 13.6. The summed E-state index contributed by atoms with van der Waals surface area (Å²) in [6.45, 7) is -1.25. The Balaban J connectivity index is 2.04. The second kappa shape index (κ2) is 5.77. The van der Waals surface area contributed by atoms with Crippen LogP contribution in [0.1, 0.15) is 28.3 Å². The standard InChI is InChI=1S/C11H11F3N6O/c1-6-7(9(12)19(2)17-6)5-15-16-10(21)8-3-4-20(18-8)11(13)14/h3-5,11H,1-2H3,(H,16,21). The molecule has 0 atom stereocenters. The van der Waals surface area contributed by atoms with Crippen LogP contribution in [0.3, 0.4) is 0 Å². The summed E-state index contributed by atoms with van der Waals surface area (Å²) >= 11 is 0. The van der Waals surface area contributed by atoms with Crippen LogP contribution in [-0.2, 0) is 7.05 Å². The average molecular weight is 300 g/mol. The molecule has 0 aromatic carbocycles. The molecule has 10 heteroatoms. The predicted octanol–water partition coefficient (Wildman–Crippen LogP) is 1.22. The fraction of sp³-hybridized carbons (Fsp3) is 0.273. The monoisotopic (exact) mass is 300 g/mol. The summed E-state index contributed by atoms with van der Waals surface area (Å²) in [4.78, 5) is 11.6. The molecule has 0 aliphatic rings. The molecule has 0 unspecified atom stereocenters. The van der Waals surface area contributed by atoms with Gasteiger partial charge in [-0.3, -0.25) is 4.79 Å². The number of hydrazone groups is 1. The third-order valence-corrected chi connectivity index (χ3v) is 2.60. The van der Waals surface area contributed by atoms with Gasteiger partial charge in [0.25, 0.3) is 5.91 Å². The van der Waals surface area contributed by atoms with Crippen LogP contribution in [0, 0.1) is 12.9 Å². The van der Waals surface area contributed by atoms with Gasteiger partial charge in [-0.1, -0.05) is 0 Å². The minimum Gasteiger partial charge on any atom is -0.265 e. The van der Waals surface area contributed by atoms with Crippen LogP contribution in [0.15, 0.2) is 17.4 Å². The van der Waals surface area contributed by atoms with Gasteiger partial charge in [-0.05, 0) is 13.0 Å². The number of amides is 1. The lowest BCUT2D eigenvalue weighted by atomic mass is 10.3. The number of alkyl halides is 2. The molecule has 0 saturated carbocycles. The number of aryl methyl sites for hydroxylation is 2. The van der Waals surface area contributed by atoms with Crippen molar-refractivity contribution in [3.8, 4) is 0 Å². The normalized spacial score (nSPS) is 11.5. The van der Waals surface area contributed by atoms with E-state index in [0.29, 0.717) is 10.4 Å². The third kappa shape index (κ3) is 3.09. The average Bonchev–Trinajstić information content (AvgIpc) is 2.99. The van der Waals surface area contributed by atoms with E-state index in [1.165, 1.54) is 7.05 Å². The molecular formula is C11H11F3N6O. The van der Waals surface area contributed by atoms with Crippen LogP contribution in [0.2, 0.25) is 0 Å². The minimum atomic E-state index is -2.83. The SMILES string of the molecule is Cc1nn(C)c(F)c1C=NNC(=O)c1ccn(C(F)F)n1. The molecule has 0 saturated heterocycles. The summed E-state index contributed by atoms with van der Waals surface area (Å²) in [5.74, 6) is -1.39. The van der Waals surface area contributed by atoms with Crippen molar-refractivity contribution in [1.29, 1.82) is 0 Å². The van der Waals surface area contributed by atoms with Gasteiger partial charge in [-0.25, -0.2) is 14.8 Å². The minimum absolute atomic E-state index is 0.121. The van der Waals surface area contributed by atoms with Gasteiger partial charge >= 0.3 is 6.55 Å². The highest BCUT2D eigenvalue weighted by atomic mass is 19.3. The molecule has 1 amide bonds. The highest BCUT2D eigenvalue weighted by Crippen LogP contribution is 2.09. The molecule has 1 N–H and O–H groups in total. The molecular weight excluding hydrogens is 289 g/mol. The van der Waals surface area contributed by atoms with Crippen LogP contribution >= 0.6 is 0 Å². The molecule has 0 radical (unpaired) electrons. The molecule has 112 valence electrons. The molecule has 21 heavy (non-hydrogen) atoms. The molecule has 0 fully saturated rings. The van der Waals surface area contributed by atoms with Crippen LogP contribution < -0.4 is 5.43 Å². The van der Waals surface area contributed by atoms with Crippen LogP contribution in [0.5, 0.6) is 0 Å². The fourth-order valence-corrected chi connectivity index (χ4v) is 1.57. The Morgan fingerprint density at radius 3 is 2.71 bits per heavy atom. The van der Waals surface area contributed by atoms with Gasteiger partial charge in [0.05, 0.1) is 17.5 Å². The van der Waals surface area contributed by atoms with Gasteiger partial charge in [0.2, 0.25) is 5.95 Å². The molecule has 2 rings (SSSR count). The topological polar surface area (TPSA) is 77.1 Å². The summed E-state index contributed by atoms with van der Waals surface area (Å²) in [6, 6.07) is 1.12. The number of carbonyl (C=O) groups excluding carboxylic acids is 1. The fourth-order valence-electron chi connectivity index (χ4n) is 1.57. The quantitative estimate of drug-likeness (QED) is 0.681. The number of rotatable bonds is 4. The maximum Gasteiger partial charge on any atom is 0.333 e. The largest absolute Gasteiger partial charge is 0.333 e. The van der Waals surface area contributed by atoms with Gasteiger partial charge in [-0.15, -0.1) is 0 Å². The Labute approximate surface area is 117 Å². The Kier molecular flexibility index (Phi) is 4.05. The summed E-state index contributed by atoms with van der Waals surface area (Å²) in [5, 5.41) is 10.7. The first kappa shape index (κ1) is 14.8. The van der Waals surface area contributed by atoms with Gasteiger partial charge < -0.3 is 0 Å². The first-order chi connectivity index (χ1) is 9.90. The summed E-state index contributed by atoms with van der Waals surface area (Å²) < 4.78 is 39.5. The van der Waals surface area contributed by atoms with Crippen molar-refractivity contribution in [1.82, 2.24) is 25.0 Å². The Morgan fingerprint density at radius 2 is 2.19 bits per heavy atom. The lowest BCUT2D eigenvalue weighted by Gasteiger charge is -1.97. The lowest BCUT2D eigenvalue weighted by Crippen LogP contribution is -2.18. The second-order valence-electron chi connectivity index (χ2n) is 4.07. The van der Waals surface area contributed by atoms with Crippen molar-refractivity contribution in [2.24, 2.45) is 12.1 Å². The van der Waals surface area contributed by atoms with Crippen molar-refractivity contribution in [3.05, 3.63) is 35.2 Å². The van der Waals surface area contributed by atoms with Crippen molar-refractivity contribution in [2.75, 3.05) is 0 Å². The summed E-state index contributed by atoms with van der Waals surface area (Å²) in [6.07, 6.45) is 2.05. The maximum absolute atomic E-state index is 13.6. The van der Waals surface area contributed by atoms with E-state index in [9.17, 15) is 18.0 Å². The van der Waals surface area contributed by atoms with Crippen LogP contribution in [-0.4, -0.2) is 31.7 Å². The van der Waals surface area contributed by atoms with E-state index in [1.54, 1.807) is 6.92 Å². The molecule has 2 aromatic heterocycles. The number of hydrogen-bond acceptors (Lipinski definition) is 4. The number of hydrogen-bond donors (Lipinski definition) is 1. The van der Waals surface area contributed by atoms with E-state index in [-0.39, 0.29) is 11.3 Å². The van der Waals surface area contributed by atoms with E-state index in [0.717, 1.165) is 23.2 Å². The van der Waals surface area contributed by atoms with Crippen molar-refractivity contribution >= 4 is 12.1 Å². The summed E-state index contributed by atoms with van der Waals surface area (Å²) in [5.41, 5.74) is 2.36. The van der Waals surface area contributed by atoms with Gasteiger partial charge in [0.15, 0.2) is 5.69 Å². The molecule has 0 bridgehead atoms. The predicted molar refractivity (Wildman–Crippen MR) is 66.4 cm³/mol. The smallest absolute Gasteiger partial charge is 0.265 e. The number of nitrogens with one attached hydrogen (secondary N) is 1. The van der Waals surface area contributed by atoms with Crippen LogP contribution in [0.4, 0.5) is 13.2 Å². The highest BCUT2D eigenvalue weighted by Gasteiger charge is 2.13. The third-order valence-electron chi connectivity index (χ3n) is 2.60. The number of aromatic nitrogens is 4. The second-order valence-corrected chi connectivity index (χ2v) is 4.07. The lowest BCUT2D eigenvalue weighted by molar-refractivity contribution is 0.0560. The molecule has 0 spiro atoms.